The largest absolute Gasteiger partial charge is 0.495 e. The number of hydrogen-bond acceptors (Lipinski definition) is 4. The SMILES string of the molecule is C=CCN(CC)S(=O)(=O)c1cc(CO)ccc1OC. The predicted octanol–water partition coefficient (Wildman–Crippen LogP) is 1.38. The fraction of sp³-hybridized carbons (Fsp3) is 0.385. The molecule has 1 N–H and O–H groups in total. The lowest BCUT2D eigenvalue weighted by molar-refractivity contribution is 0.281. The van der Waals surface area contributed by atoms with E-state index in [0.717, 1.165) is 0 Å². The van der Waals surface area contributed by atoms with Crippen LogP contribution in [0.25, 0.3) is 0 Å². The molecule has 0 aliphatic carbocycles. The molecular formula is C13H19NO4S. The number of aliphatic hydroxyl groups is 1. The third-order valence-corrected chi connectivity index (χ3v) is 4.68. The van der Waals surface area contributed by atoms with Gasteiger partial charge in [0, 0.05) is 13.1 Å². The number of methoxy groups -OCH3 is 1. The molecule has 0 heterocycles. The Morgan fingerprint density at radius 2 is 2.16 bits per heavy atom. The molecule has 0 bridgehead atoms. The highest BCUT2D eigenvalue weighted by atomic mass is 32.2. The summed E-state index contributed by atoms with van der Waals surface area (Å²) in [6.07, 6.45) is 1.53. The summed E-state index contributed by atoms with van der Waals surface area (Å²) in [5.41, 5.74) is 0.522. The third-order valence-electron chi connectivity index (χ3n) is 2.71. The average Bonchev–Trinajstić information content (AvgIpc) is 2.43. The van der Waals surface area contributed by atoms with Crippen LogP contribution in [-0.4, -0.2) is 38.0 Å². The molecule has 106 valence electrons. The number of aliphatic hydroxyl groups excluding tert-OH is 1. The van der Waals surface area contributed by atoms with Crippen LogP contribution >= 0.6 is 0 Å². The lowest BCUT2D eigenvalue weighted by Crippen LogP contribution is -2.31. The van der Waals surface area contributed by atoms with Gasteiger partial charge in [-0.25, -0.2) is 8.42 Å². The Hall–Kier alpha value is -1.37. The van der Waals surface area contributed by atoms with Crippen molar-refractivity contribution >= 4 is 10.0 Å². The van der Waals surface area contributed by atoms with Gasteiger partial charge in [0.15, 0.2) is 0 Å². The number of rotatable bonds is 7. The minimum absolute atomic E-state index is 0.0604. The van der Waals surface area contributed by atoms with Crippen LogP contribution in [0.5, 0.6) is 5.75 Å². The van der Waals surface area contributed by atoms with E-state index in [1.165, 1.54) is 23.6 Å². The Morgan fingerprint density at radius 1 is 1.47 bits per heavy atom. The number of sulfonamides is 1. The summed E-state index contributed by atoms with van der Waals surface area (Å²) in [5, 5.41) is 9.13. The van der Waals surface area contributed by atoms with Crippen LogP contribution in [0.2, 0.25) is 0 Å². The minimum atomic E-state index is -3.66. The highest BCUT2D eigenvalue weighted by Gasteiger charge is 2.26. The lowest BCUT2D eigenvalue weighted by Gasteiger charge is -2.20. The Balaban J connectivity index is 3.36. The van der Waals surface area contributed by atoms with Crippen molar-refractivity contribution in [3.63, 3.8) is 0 Å². The van der Waals surface area contributed by atoms with Crippen molar-refractivity contribution in [2.45, 2.75) is 18.4 Å². The molecule has 0 aliphatic heterocycles. The second-order valence-electron chi connectivity index (χ2n) is 3.89. The van der Waals surface area contributed by atoms with Crippen molar-refractivity contribution < 1.29 is 18.3 Å². The molecule has 0 radical (unpaired) electrons. The van der Waals surface area contributed by atoms with Crippen molar-refractivity contribution in [1.29, 1.82) is 0 Å². The third kappa shape index (κ3) is 3.34. The summed E-state index contributed by atoms with van der Waals surface area (Å²) in [4.78, 5) is 0.0604. The van der Waals surface area contributed by atoms with E-state index < -0.39 is 10.0 Å². The zero-order valence-electron chi connectivity index (χ0n) is 11.2. The van der Waals surface area contributed by atoms with Crippen LogP contribution < -0.4 is 4.74 Å². The fourth-order valence-corrected chi connectivity index (χ4v) is 3.33. The first-order valence-corrected chi connectivity index (χ1v) is 7.34. The van der Waals surface area contributed by atoms with E-state index in [-0.39, 0.29) is 23.8 Å². The molecule has 1 rings (SSSR count). The van der Waals surface area contributed by atoms with Crippen LogP contribution in [0.1, 0.15) is 12.5 Å². The highest BCUT2D eigenvalue weighted by molar-refractivity contribution is 7.89. The van der Waals surface area contributed by atoms with Gasteiger partial charge in [0.25, 0.3) is 0 Å². The van der Waals surface area contributed by atoms with E-state index in [4.69, 9.17) is 9.84 Å². The Kier molecular flexibility index (Phi) is 5.53. The Bertz CT molecular complexity index is 540. The van der Waals surface area contributed by atoms with Gasteiger partial charge in [-0.2, -0.15) is 4.31 Å². The summed E-state index contributed by atoms with van der Waals surface area (Å²) in [6.45, 7) is 5.65. The van der Waals surface area contributed by atoms with Crippen LogP contribution in [0.3, 0.4) is 0 Å². The molecule has 0 aliphatic rings. The van der Waals surface area contributed by atoms with Gasteiger partial charge in [0.05, 0.1) is 13.7 Å². The molecule has 6 heteroatoms. The zero-order chi connectivity index (χ0) is 14.5. The molecule has 0 saturated heterocycles. The molecule has 0 atom stereocenters. The maximum atomic E-state index is 12.5. The normalized spacial score (nSPS) is 11.6. The number of benzene rings is 1. The number of likely N-dealkylation sites (N-methyl/N-ethyl adjacent to an activating group) is 1. The van der Waals surface area contributed by atoms with E-state index in [2.05, 4.69) is 6.58 Å². The monoisotopic (exact) mass is 285 g/mol. The summed E-state index contributed by atoms with van der Waals surface area (Å²) < 4.78 is 31.4. The topological polar surface area (TPSA) is 66.8 Å². The predicted molar refractivity (Wildman–Crippen MR) is 73.5 cm³/mol. The zero-order valence-corrected chi connectivity index (χ0v) is 12.0. The maximum Gasteiger partial charge on any atom is 0.247 e. The van der Waals surface area contributed by atoms with Crippen molar-refractivity contribution in [3.8, 4) is 5.75 Å². The van der Waals surface area contributed by atoms with Crippen molar-refractivity contribution in [1.82, 2.24) is 4.31 Å². The lowest BCUT2D eigenvalue weighted by atomic mass is 10.2. The minimum Gasteiger partial charge on any atom is -0.495 e. The van der Waals surface area contributed by atoms with Gasteiger partial charge in [-0.3, -0.25) is 0 Å². The Labute approximate surface area is 114 Å². The standard InChI is InChI=1S/C13H19NO4S/c1-4-8-14(5-2)19(16,17)13-9-11(10-15)6-7-12(13)18-3/h4,6-7,9,15H,1,5,8,10H2,2-3H3. The number of ether oxygens (including phenoxy) is 1. The van der Waals surface area contributed by atoms with Crippen molar-refractivity contribution in [2.75, 3.05) is 20.2 Å². The fourth-order valence-electron chi connectivity index (χ4n) is 1.70. The molecule has 1 aromatic carbocycles. The molecule has 0 saturated carbocycles. The van der Waals surface area contributed by atoms with Gasteiger partial charge >= 0.3 is 0 Å². The summed E-state index contributed by atoms with van der Waals surface area (Å²) in [5.74, 6) is 0.264. The summed E-state index contributed by atoms with van der Waals surface area (Å²) in [6, 6.07) is 4.60. The molecule has 0 fully saturated rings. The van der Waals surface area contributed by atoms with Crippen LogP contribution in [0.15, 0.2) is 35.7 Å². The molecule has 1 aromatic rings. The van der Waals surface area contributed by atoms with Crippen LogP contribution in [0, 0.1) is 0 Å². The van der Waals surface area contributed by atoms with Gasteiger partial charge in [-0.1, -0.05) is 19.1 Å². The summed E-state index contributed by atoms with van der Waals surface area (Å²) >= 11 is 0. The summed E-state index contributed by atoms with van der Waals surface area (Å²) in [7, 11) is -2.25. The van der Waals surface area contributed by atoms with E-state index >= 15 is 0 Å². The molecule has 0 aromatic heterocycles. The number of hydrogen-bond donors (Lipinski definition) is 1. The quantitative estimate of drug-likeness (QED) is 0.769. The van der Waals surface area contributed by atoms with Crippen molar-refractivity contribution in [2.24, 2.45) is 0 Å². The maximum absolute atomic E-state index is 12.5. The van der Waals surface area contributed by atoms with Gasteiger partial charge < -0.3 is 9.84 Å². The van der Waals surface area contributed by atoms with E-state index in [9.17, 15) is 8.42 Å². The first kappa shape index (κ1) is 15.7. The molecule has 0 amide bonds. The first-order chi connectivity index (χ1) is 9.01. The number of nitrogens with zero attached hydrogens (tertiary/aromatic N) is 1. The smallest absolute Gasteiger partial charge is 0.247 e. The van der Waals surface area contributed by atoms with E-state index in [1.807, 2.05) is 0 Å². The average molecular weight is 285 g/mol. The second-order valence-corrected chi connectivity index (χ2v) is 5.79. The molecule has 0 spiro atoms. The molecule has 5 nitrogen and oxygen atoms in total. The van der Waals surface area contributed by atoms with E-state index in [1.54, 1.807) is 19.1 Å². The van der Waals surface area contributed by atoms with Gasteiger partial charge in [-0.15, -0.1) is 6.58 Å². The van der Waals surface area contributed by atoms with Gasteiger partial charge in [0.1, 0.15) is 10.6 Å². The highest BCUT2D eigenvalue weighted by Crippen LogP contribution is 2.27. The molecular weight excluding hydrogens is 266 g/mol. The first-order valence-electron chi connectivity index (χ1n) is 5.90. The van der Waals surface area contributed by atoms with Crippen LogP contribution in [-0.2, 0) is 16.6 Å². The van der Waals surface area contributed by atoms with Gasteiger partial charge in [-0.05, 0) is 17.7 Å². The molecule has 0 unspecified atom stereocenters. The van der Waals surface area contributed by atoms with Gasteiger partial charge in [0.2, 0.25) is 10.0 Å². The Morgan fingerprint density at radius 3 is 2.63 bits per heavy atom. The van der Waals surface area contributed by atoms with Crippen LogP contribution in [0.4, 0.5) is 0 Å². The van der Waals surface area contributed by atoms with E-state index in [0.29, 0.717) is 12.1 Å². The second kappa shape index (κ2) is 6.70. The molecule has 19 heavy (non-hydrogen) atoms. The van der Waals surface area contributed by atoms with Crippen molar-refractivity contribution in [3.05, 3.63) is 36.4 Å².